The van der Waals surface area contributed by atoms with Crippen molar-refractivity contribution in [2.24, 2.45) is 0 Å². The van der Waals surface area contributed by atoms with E-state index in [2.05, 4.69) is 17.7 Å². The molecule has 1 fully saturated rings. The molecular formula is C14H14N2O3. The van der Waals surface area contributed by atoms with Gasteiger partial charge in [0.15, 0.2) is 0 Å². The van der Waals surface area contributed by atoms with Crippen LogP contribution in [-0.2, 0) is 16.0 Å². The molecule has 1 aliphatic heterocycles. The molecule has 19 heavy (non-hydrogen) atoms. The summed E-state index contributed by atoms with van der Waals surface area (Å²) >= 11 is 0. The molecule has 1 saturated heterocycles. The summed E-state index contributed by atoms with van der Waals surface area (Å²) in [7, 11) is 0. The summed E-state index contributed by atoms with van der Waals surface area (Å²) in [5.41, 5.74) is 7.03. The predicted octanol–water partition coefficient (Wildman–Crippen LogP) is 1.51. The molecule has 5 nitrogen and oxygen atoms in total. The van der Waals surface area contributed by atoms with Gasteiger partial charge >= 0.3 is 6.09 Å². The molecule has 2 rings (SSSR count). The maximum absolute atomic E-state index is 11.7. The van der Waals surface area contributed by atoms with Crippen LogP contribution in [0.3, 0.4) is 0 Å². The second-order valence-corrected chi connectivity index (χ2v) is 4.07. The highest BCUT2D eigenvalue weighted by molar-refractivity contribution is 5.81. The second kappa shape index (κ2) is 5.89. The van der Waals surface area contributed by atoms with Crippen molar-refractivity contribution in [2.75, 3.05) is 13.2 Å². The number of nitrogens with zero attached hydrogens (tertiary/aromatic N) is 1. The minimum atomic E-state index is -0.514. The molecule has 2 amide bonds. The van der Waals surface area contributed by atoms with Crippen LogP contribution >= 0.6 is 0 Å². The van der Waals surface area contributed by atoms with Crippen molar-refractivity contribution < 1.29 is 14.3 Å². The number of ether oxygens (including phenoxy) is 1. The van der Waals surface area contributed by atoms with Crippen molar-refractivity contribution in [2.45, 2.75) is 6.42 Å². The Balaban J connectivity index is 1.91. The van der Waals surface area contributed by atoms with E-state index in [0.29, 0.717) is 13.2 Å². The number of carbonyl (C=O) groups is 2. The van der Waals surface area contributed by atoms with Crippen LogP contribution in [0.2, 0.25) is 0 Å². The van der Waals surface area contributed by atoms with Crippen molar-refractivity contribution in [1.29, 1.82) is 0 Å². The Labute approximate surface area is 111 Å². The van der Waals surface area contributed by atoms with Crippen LogP contribution in [0.15, 0.2) is 36.6 Å². The Hall–Kier alpha value is -2.52. The van der Waals surface area contributed by atoms with Crippen molar-refractivity contribution in [3.8, 4) is 0 Å². The van der Waals surface area contributed by atoms with E-state index in [4.69, 9.17) is 4.74 Å². The highest BCUT2D eigenvalue weighted by atomic mass is 16.6. The number of cyclic esters (lactones) is 1. The number of rotatable bonds is 4. The fraction of sp³-hybridized carbons (Fsp3) is 0.214. The number of benzene rings is 1. The SMILES string of the molecule is C=C=Cc1ccc(CC(=O)NN2CCOC2=O)cc1. The standard InChI is InChI=1S/C14H14N2O3/c1-2-3-11-4-6-12(7-5-11)10-13(17)15-16-8-9-19-14(16)18/h3-7H,1,8-10H2,(H,15,17). The zero-order valence-corrected chi connectivity index (χ0v) is 10.4. The average molecular weight is 258 g/mol. The Morgan fingerprint density at radius 3 is 2.79 bits per heavy atom. The molecule has 1 aromatic carbocycles. The molecule has 0 aromatic heterocycles. The highest BCUT2D eigenvalue weighted by Crippen LogP contribution is 2.07. The number of hydrazine groups is 1. The number of hydrogen-bond donors (Lipinski definition) is 1. The van der Waals surface area contributed by atoms with Gasteiger partial charge in [-0.25, -0.2) is 9.80 Å². The third-order valence-electron chi connectivity index (χ3n) is 2.63. The lowest BCUT2D eigenvalue weighted by molar-refractivity contribution is -0.123. The summed E-state index contributed by atoms with van der Waals surface area (Å²) in [6.07, 6.45) is 1.45. The lowest BCUT2D eigenvalue weighted by Crippen LogP contribution is -2.43. The summed E-state index contributed by atoms with van der Waals surface area (Å²) < 4.78 is 4.71. The molecule has 0 saturated carbocycles. The quantitative estimate of drug-likeness (QED) is 0.833. The first-order chi connectivity index (χ1) is 9.19. The fourth-order valence-electron chi connectivity index (χ4n) is 1.72. The van der Waals surface area contributed by atoms with E-state index in [0.717, 1.165) is 11.1 Å². The van der Waals surface area contributed by atoms with Gasteiger partial charge in [0.25, 0.3) is 0 Å². The van der Waals surface area contributed by atoms with E-state index in [9.17, 15) is 9.59 Å². The third kappa shape index (κ3) is 3.47. The molecule has 98 valence electrons. The van der Waals surface area contributed by atoms with Crippen LogP contribution in [0.5, 0.6) is 0 Å². The van der Waals surface area contributed by atoms with Gasteiger partial charge in [-0.1, -0.05) is 30.8 Å². The van der Waals surface area contributed by atoms with Gasteiger partial charge in [0.05, 0.1) is 13.0 Å². The number of carbonyl (C=O) groups excluding carboxylic acids is 2. The van der Waals surface area contributed by atoms with E-state index in [1.165, 1.54) is 5.01 Å². The van der Waals surface area contributed by atoms with Gasteiger partial charge in [-0.15, -0.1) is 5.73 Å². The Kier molecular flexibility index (Phi) is 4.00. The van der Waals surface area contributed by atoms with Crippen molar-refractivity contribution in [3.63, 3.8) is 0 Å². The molecule has 0 atom stereocenters. The summed E-state index contributed by atoms with van der Waals surface area (Å²) in [6, 6.07) is 7.46. The summed E-state index contributed by atoms with van der Waals surface area (Å²) in [5.74, 6) is -0.245. The lowest BCUT2D eigenvalue weighted by Gasteiger charge is -2.13. The topological polar surface area (TPSA) is 58.6 Å². The average Bonchev–Trinajstić information content (AvgIpc) is 2.78. The van der Waals surface area contributed by atoms with Crippen LogP contribution in [0.1, 0.15) is 11.1 Å². The molecule has 1 aromatic rings. The van der Waals surface area contributed by atoms with E-state index < -0.39 is 6.09 Å². The van der Waals surface area contributed by atoms with E-state index in [1.807, 2.05) is 24.3 Å². The van der Waals surface area contributed by atoms with Gasteiger partial charge in [-0.3, -0.25) is 10.2 Å². The summed E-state index contributed by atoms with van der Waals surface area (Å²) in [4.78, 5) is 22.9. The first-order valence-electron chi connectivity index (χ1n) is 5.87. The fourth-order valence-corrected chi connectivity index (χ4v) is 1.72. The lowest BCUT2D eigenvalue weighted by atomic mass is 10.1. The zero-order valence-electron chi connectivity index (χ0n) is 10.4. The molecule has 0 spiro atoms. The van der Waals surface area contributed by atoms with Crippen molar-refractivity contribution in [1.82, 2.24) is 10.4 Å². The molecular weight excluding hydrogens is 244 g/mol. The van der Waals surface area contributed by atoms with Crippen LogP contribution in [0.4, 0.5) is 4.79 Å². The molecule has 0 bridgehead atoms. The minimum Gasteiger partial charge on any atom is -0.446 e. The van der Waals surface area contributed by atoms with Gasteiger partial charge in [0.1, 0.15) is 6.61 Å². The Bertz CT molecular complexity index is 530. The monoisotopic (exact) mass is 258 g/mol. The highest BCUT2D eigenvalue weighted by Gasteiger charge is 2.23. The first-order valence-corrected chi connectivity index (χ1v) is 5.87. The summed E-state index contributed by atoms with van der Waals surface area (Å²) in [5, 5.41) is 1.18. The van der Waals surface area contributed by atoms with Gasteiger partial charge < -0.3 is 4.74 Å². The largest absolute Gasteiger partial charge is 0.446 e. The molecule has 0 unspecified atom stereocenters. The maximum atomic E-state index is 11.7. The molecule has 0 radical (unpaired) electrons. The predicted molar refractivity (Wildman–Crippen MR) is 69.9 cm³/mol. The number of amides is 2. The van der Waals surface area contributed by atoms with E-state index >= 15 is 0 Å². The first kappa shape index (κ1) is 12.9. The van der Waals surface area contributed by atoms with Crippen LogP contribution in [0.25, 0.3) is 6.08 Å². The van der Waals surface area contributed by atoms with Crippen LogP contribution < -0.4 is 5.43 Å². The zero-order chi connectivity index (χ0) is 13.7. The van der Waals surface area contributed by atoms with Gasteiger partial charge in [-0.05, 0) is 17.2 Å². The normalized spacial score (nSPS) is 13.7. The minimum absolute atomic E-state index is 0.210. The molecule has 1 N–H and O–H groups in total. The third-order valence-corrected chi connectivity index (χ3v) is 2.63. The number of hydrogen-bond acceptors (Lipinski definition) is 3. The van der Waals surface area contributed by atoms with Crippen molar-refractivity contribution >= 4 is 18.1 Å². The second-order valence-electron chi connectivity index (χ2n) is 4.07. The van der Waals surface area contributed by atoms with Crippen LogP contribution in [-0.4, -0.2) is 30.2 Å². The molecule has 1 aliphatic rings. The van der Waals surface area contributed by atoms with Gasteiger partial charge in [0, 0.05) is 0 Å². The van der Waals surface area contributed by atoms with Gasteiger partial charge in [-0.2, -0.15) is 0 Å². The Morgan fingerprint density at radius 2 is 2.21 bits per heavy atom. The number of nitrogens with one attached hydrogen (secondary N) is 1. The smallest absolute Gasteiger partial charge is 0.428 e. The van der Waals surface area contributed by atoms with E-state index in [1.54, 1.807) is 6.08 Å². The Morgan fingerprint density at radius 1 is 1.47 bits per heavy atom. The molecule has 1 heterocycles. The van der Waals surface area contributed by atoms with Crippen molar-refractivity contribution in [3.05, 3.63) is 47.7 Å². The molecule has 0 aliphatic carbocycles. The van der Waals surface area contributed by atoms with Gasteiger partial charge in [0.2, 0.25) is 5.91 Å². The molecule has 5 heteroatoms. The maximum Gasteiger partial charge on any atom is 0.428 e. The summed E-state index contributed by atoms with van der Waals surface area (Å²) in [6.45, 7) is 4.19. The van der Waals surface area contributed by atoms with Crippen LogP contribution in [0, 0.1) is 0 Å². The van der Waals surface area contributed by atoms with E-state index in [-0.39, 0.29) is 12.3 Å².